The predicted octanol–water partition coefficient (Wildman–Crippen LogP) is 0.813. The first-order valence-corrected chi connectivity index (χ1v) is 3.93. The molecular weight excluding hydrogens is 204 g/mol. The van der Waals surface area contributed by atoms with Crippen molar-refractivity contribution in [1.29, 1.82) is 0 Å². The standard InChI is InChI=1S/C9H10O6/c1-14-7-5(11)3-4(10)6(9(12)13)8(7)15-2/h3,10-11H,1-2H3,(H,12,13). The molecule has 3 N–H and O–H groups in total. The molecule has 0 heterocycles. The van der Waals surface area contributed by atoms with Crippen LogP contribution in [0, 0.1) is 0 Å². The summed E-state index contributed by atoms with van der Waals surface area (Å²) in [5.74, 6) is -2.70. The van der Waals surface area contributed by atoms with Crippen LogP contribution in [0.25, 0.3) is 0 Å². The number of hydrogen-bond donors (Lipinski definition) is 3. The summed E-state index contributed by atoms with van der Waals surface area (Å²) in [7, 11) is 2.46. The van der Waals surface area contributed by atoms with E-state index in [4.69, 9.17) is 14.6 Å². The third-order valence-corrected chi connectivity index (χ3v) is 1.82. The number of aromatic hydroxyl groups is 2. The van der Waals surface area contributed by atoms with E-state index in [1.807, 2.05) is 0 Å². The van der Waals surface area contributed by atoms with Gasteiger partial charge >= 0.3 is 5.97 Å². The smallest absolute Gasteiger partial charge is 0.343 e. The highest BCUT2D eigenvalue weighted by Gasteiger charge is 2.24. The highest BCUT2D eigenvalue weighted by Crippen LogP contribution is 2.43. The van der Waals surface area contributed by atoms with Gasteiger partial charge in [0.1, 0.15) is 11.3 Å². The number of rotatable bonds is 3. The maximum Gasteiger partial charge on any atom is 0.343 e. The van der Waals surface area contributed by atoms with Crippen LogP contribution in [0.15, 0.2) is 6.07 Å². The van der Waals surface area contributed by atoms with Crippen LogP contribution >= 0.6 is 0 Å². The molecule has 82 valence electrons. The molecule has 0 saturated carbocycles. The largest absolute Gasteiger partial charge is 0.507 e. The maximum atomic E-state index is 10.8. The van der Waals surface area contributed by atoms with Gasteiger partial charge in [-0.3, -0.25) is 0 Å². The summed E-state index contributed by atoms with van der Waals surface area (Å²) in [6.45, 7) is 0. The molecule has 0 unspecified atom stereocenters. The topological polar surface area (TPSA) is 96.2 Å². The minimum Gasteiger partial charge on any atom is -0.507 e. The second-order valence-corrected chi connectivity index (χ2v) is 2.66. The predicted molar refractivity (Wildman–Crippen MR) is 49.8 cm³/mol. The SMILES string of the molecule is COc1c(O)cc(O)c(C(=O)O)c1OC. The molecule has 0 atom stereocenters. The van der Waals surface area contributed by atoms with E-state index in [0.717, 1.165) is 6.07 Å². The number of aromatic carboxylic acids is 1. The number of phenols is 2. The van der Waals surface area contributed by atoms with Crippen molar-refractivity contribution >= 4 is 5.97 Å². The number of methoxy groups -OCH3 is 2. The van der Waals surface area contributed by atoms with E-state index >= 15 is 0 Å². The Balaban J connectivity index is 3.56. The molecule has 0 aliphatic rings. The lowest BCUT2D eigenvalue weighted by atomic mass is 10.1. The molecule has 0 radical (unpaired) electrons. The van der Waals surface area contributed by atoms with Gasteiger partial charge in [0.15, 0.2) is 11.5 Å². The summed E-state index contributed by atoms with van der Waals surface area (Å²) < 4.78 is 9.53. The van der Waals surface area contributed by atoms with Gasteiger partial charge in [-0.25, -0.2) is 4.79 Å². The van der Waals surface area contributed by atoms with Gasteiger partial charge in [-0.2, -0.15) is 0 Å². The van der Waals surface area contributed by atoms with Gasteiger partial charge in [0.2, 0.25) is 5.75 Å². The minimum atomic E-state index is -1.37. The van der Waals surface area contributed by atoms with Crippen LogP contribution in [0.3, 0.4) is 0 Å². The van der Waals surface area contributed by atoms with Crippen LogP contribution < -0.4 is 9.47 Å². The number of benzene rings is 1. The second kappa shape index (κ2) is 3.95. The Hall–Kier alpha value is -2.11. The van der Waals surface area contributed by atoms with Gasteiger partial charge in [0, 0.05) is 6.07 Å². The first kappa shape index (κ1) is 11.0. The molecule has 0 saturated heterocycles. The Bertz CT molecular complexity index is 398. The van der Waals surface area contributed by atoms with Crippen LogP contribution in [0.2, 0.25) is 0 Å². The first-order valence-electron chi connectivity index (χ1n) is 3.93. The zero-order valence-electron chi connectivity index (χ0n) is 8.14. The molecule has 0 aromatic heterocycles. The van der Waals surface area contributed by atoms with Gasteiger partial charge in [0.25, 0.3) is 0 Å². The summed E-state index contributed by atoms with van der Waals surface area (Å²) in [4.78, 5) is 10.8. The second-order valence-electron chi connectivity index (χ2n) is 2.66. The molecule has 0 aliphatic carbocycles. The molecule has 0 bridgehead atoms. The summed E-state index contributed by atoms with van der Waals surface area (Å²) in [5, 5.41) is 27.5. The van der Waals surface area contributed by atoms with Crippen molar-refractivity contribution in [3.63, 3.8) is 0 Å². The van der Waals surface area contributed by atoms with Crippen molar-refractivity contribution in [2.24, 2.45) is 0 Å². The van der Waals surface area contributed by atoms with Crippen LogP contribution in [0.4, 0.5) is 0 Å². The lowest BCUT2D eigenvalue weighted by Crippen LogP contribution is -2.03. The Morgan fingerprint density at radius 1 is 1.13 bits per heavy atom. The quantitative estimate of drug-likeness (QED) is 0.689. The fraction of sp³-hybridized carbons (Fsp3) is 0.222. The van der Waals surface area contributed by atoms with Gasteiger partial charge in [-0.1, -0.05) is 0 Å². The van der Waals surface area contributed by atoms with Crippen molar-refractivity contribution < 1.29 is 29.6 Å². The fourth-order valence-corrected chi connectivity index (χ4v) is 1.21. The molecule has 0 aliphatic heterocycles. The number of carbonyl (C=O) groups is 1. The van der Waals surface area contributed by atoms with Crippen molar-refractivity contribution in [2.45, 2.75) is 0 Å². The molecule has 0 spiro atoms. The molecular formula is C9H10O6. The van der Waals surface area contributed by atoms with Crippen LogP contribution in [0.1, 0.15) is 10.4 Å². The Labute approximate surface area is 85.3 Å². The van der Waals surface area contributed by atoms with Crippen LogP contribution in [-0.2, 0) is 0 Å². The number of hydrogen-bond acceptors (Lipinski definition) is 5. The van der Waals surface area contributed by atoms with Crippen molar-refractivity contribution in [2.75, 3.05) is 14.2 Å². The average Bonchev–Trinajstić information content (AvgIpc) is 2.15. The molecule has 1 rings (SSSR count). The summed E-state index contributed by atoms with van der Waals surface area (Å²) in [6.07, 6.45) is 0. The molecule has 0 amide bonds. The number of carboxylic acid groups (broad SMARTS) is 1. The fourth-order valence-electron chi connectivity index (χ4n) is 1.21. The highest BCUT2D eigenvalue weighted by atomic mass is 16.5. The van der Waals surface area contributed by atoms with E-state index in [2.05, 4.69) is 0 Å². The Morgan fingerprint density at radius 3 is 2.07 bits per heavy atom. The first-order chi connectivity index (χ1) is 7.02. The van der Waals surface area contributed by atoms with Gasteiger partial charge in [-0.15, -0.1) is 0 Å². The lowest BCUT2D eigenvalue weighted by molar-refractivity contribution is 0.0689. The third-order valence-electron chi connectivity index (χ3n) is 1.82. The number of ether oxygens (including phenoxy) is 2. The minimum absolute atomic E-state index is 0.132. The average molecular weight is 214 g/mol. The van der Waals surface area contributed by atoms with E-state index in [0.29, 0.717) is 0 Å². The zero-order valence-corrected chi connectivity index (χ0v) is 8.14. The lowest BCUT2D eigenvalue weighted by Gasteiger charge is -2.12. The molecule has 15 heavy (non-hydrogen) atoms. The summed E-state index contributed by atoms with van der Waals surface area (Å²) >= 11 is 0. The summed E-state index contributed by atoms with van der Waals surface area (Å²) in [6, 6.07) is 0.880. The third kappa shape index (κ3) is 1.74. The van der Waals surface area contributed by atoms with E-state index in [9.17, 15) is 15.0 Å². The maximum absolute atomic E-state index is 10.8. The normalized spacial score (nSPS) is 9.73. The molecule has 1 aromatic carbocycles. The molecule has 6 nitrogen and oxygen atoms in total. The molecule has 1 aromatic rings. The molecule has 0 fully saturated rings. The van der Waals surface area contributed by atoms with E-state index in [-0.39, 0.29) is 11.5 Å². The van der Waals surface area contributed by atoms with Gasteiger partial charge in [0.05, 0.1) is 14.2 Å². The number of carboxylic acids is 1. The van der Waals surface area contributed by atoms with Crippen molar-refractivity contribution in [3.8, 4) is 23.0 Å². The zero-order chi connectivity index (χ0) is 11.6. The van der Waals surface area contributed by atoms with Gasteiger partial charge < -0.3 is 24.8 Å². The molecule has 6 heteroatoms. The van der Waals surface area contributed by atoms with Gasteiger partial charge in [-0.05, 0) is 0 Å². The Kier molecular flexibility index (Phi) is 2.89. The monoisotopic (exact) mass is 214 g/mol. The van der Waals surface area contributed by atoms with Crippen molar-refractivity contribution in [3.05, 3.63) is 11.6 Å². The Morgan fingerprint density at radius 2 is 1.67 bits per heavy atom. The van der Waals surface area contributed by atoms with Crippen molar-refractivity contribution in [1.82, 2.24) is 0 Å². The van der Waals surface area contributed by atoms with E-state index < -0.39 is 23.0 Å². The van der Waals surface area contributed by atoms with Crippen LogP contribution in [-0.4, -0.2) is 35.5 Å². The van der Waals surface area contributed by atoms with E-state index in [1.165, 1.54) is 14.2 Å². The number of phenolic OH excluding ortho intramolecular Hbond substituents is 1. The van der Waals surface area contributed by atoms with Crippen LogP contribution in [0.5, 0.6) is 23.0 Å². The highest BCUT2D eigenvalue weighted by molar-refractivity contribution is 5.96. The van der Waals surface area contributed by atoms with E-state index in [1.54, 1.807) is 0 Å². The summed E-state index contributed by atoms with van der Waals surface area (Å²) in [5.41, 5.74) is -0.452.